The van der Waals surface area contributed by atoms with Gasteiger partial charge in [0.15, 0.2) is 11.6 Å². The van der Waals surface area contributed by atoms with Gasteiger partial charge in [0.05, 0.1) is 7.11 Å². The second kappa shape index (κ2) is 6.33. The van der Waals surface area contributed by atoms with Gasteiger partial charge in [-0.05, 0) is 24.5 Å². The normalized spacial score (nSPS) is 12.6. The zero-order chi connectivity index (χ0) is 12.0. The van der Waals surface area contributed by atoms with E-state index in [1.165, 1.54) is 0 Å². The Hall–Kier alpha value is -1.29. The van der Waals surface area contributed by atoms with Crippen molar-refractivity contribution in [3.05, 3.63) is 18.3 Å². The van der Waals surface area contributed by atoms with E-state index in [4.69, 9.17) is 10.5 Å². The molecule has 16 heavy (non-hydrogen) atoms. The Bertz CT molecular complexity index is 315. The summed E-state index contributed by atoms with van der Waals surface area (Å²) in [5, 5.41) is 3.32. The van der Waals surface area contributed by atoms with Gasteiger partial charge in [0.25, 0.3) is 0 Å². The number of hydrogen-bond acceptors (Lipinski definition) is 4. The molecule has 1 aromatic heterocycles. The first-order valence-corrected chi connectivity index (χ1v) is 5.63. The van der Waals surface area contributed by atoms with Crippen molar-refractivity contribution >= 4 is 5.82 Å². The lowest BCUT2D eigenvalue weighted by Crippen LogP contribution is -2.30. The monoisotopic (exact) mass is 223 g/mol. The molecule has 0 fully saturated rings. The summed E-state index contributed by atoms with van der Waals surface area (Å²) in [6.07, 6.45) is 2.77. The van der Waals surface area contributed by atoms with Gasteiger partial charge >= 0.3 is 0 Å². The molecule has 0 bridgehead atoms. The van der Waals surface area contributed by atoms with Gasteiger partial charge in [-0.25, -0.2) is 4.98 Å². The summed E-state index contributed by atoms with van der Waals surface area (Å²) in [6.45, 7) is 4.96. The molecule has 4 heteroatoms. The lowest BCUT2D eigenvalue weighted by atomic mass is 10.0. The minimum absolute atomic E-state index is 0.240. The average molecular weight is 223 g/mol. The number of rotatable bonds is 6. The Morgan fingerprint density at radius 2 is 2.25 bits per heavy atom. The van der Waals surface area contributed by atoms with Crippen LogP contribution >= 0.6 is 0 Å². The molecule has 0 aliphatic rings. The van der Waals surface area contributed by atoms with Gasteiger partial charge in [-0.1, -0.05) is 13.8 Å². The van der Waals surface area contributed by atoms with Gasteiger partial charge in [-0.3, -0.25) is 0 Å². The minimum atomic E-state index is 0.240. The molecule has 0 radical (unpaired) electrons. The maximum absolute atomic E-state index is 5.73. The smallest absolute Gasteiger partial charge is 0.168 e. The van der Waals surface area contributed by atoms with E-state index in [-0.39, 0.29) is 6.04 Å². The largest absolute Gasteiger partial charge is 0.493 e. The number of anilines is 1. The Kier molecular flexibility index (Phi) is 5.05. The van der Waals surface area contributed by atoms with Crippen molar-refractivity contribution in [1.29, 1.82) is 0 Å². The number of nitrogens with two attached hydrogens (primary N) is 1. The third kappa shape index (κ3) is 3.70. The molecular weight excluding hydrogens is 202 g/mol. The molecule has 0 aliphatic heterocycles. The molecule has 3 N–H and O–H groups in total. The van der Waals surface area contributed by atoms with Gasteiger partial charge in [0.2, 0.25) is 0 Å². The van der Waals surface area contributed by atoms with Gasteiger partial charge in [-0.15, -0.1) is 0 Å². The van der Waals surface area contributed by atoms with Crippen molar-refractivity contribution in [3.8, 4) is 5.75 Å². The molecule has 90 valence electrons. The van der Waals surface area contributed by atoms with Crippen LogP contribution in [0.25, 0.3) is 0 Å². The Labute approximate surface area is 97.2 Å². The Morgan fingerprint density at radius 1 is 1.50 bits per heavy atom. The first-order valence-electron chi connectivity index (χ1n) is 5.63. The summed E-state index contributed by atoms with van der Waals surface area (Å²) in [6, 6.07) is 3.98. The van der Waals surface area contributed by atoms with Crippen LogP contribution in [-0.4, -0.2) is 24.7 Å². The topological polar surface area (TPSA) is 60.2 Å². The van der Waals surface area contributed by atoms with E-state index in [1.807, 2.05) is 12.1 Å². The average Bonchev–Trinajstić information content (AvgIpc) is 2.28. The lowest BCUT2D eigenvalue weighted by molar-refractivity contribution is 0.413. The molecule has 0 saturated heterocycles. The number of hydrogen-bond donors (Lipinski definition) is 2. The highest BCUT2D eigenvalue weighted by molar-refractivity contribution is 5.50. The van der Waals surface area contributed by atoms with E-state index >= 15 is 0 Å². The van der Waals surface area contributed by atoms with E-state index in [0.717, 1.165) is 18.0 Å². The van der Waals surface area contributed by atoms with Crippen LogP contribution in [0.2, 0.25) is 0 Å². The second-order valence-electron chi connectivity index (χ2n) is 4.26. The summed E-state index contributed by atoms with van der Waals surface area (Å²) >= 11 is 0. The number of nitrogens with one attached hydrogen (secondary N) is 1. The zero-order valence-corrected chi connectivity index (χ0v) is 10.2. The van der Waals surface area contributed by atoms with Gasteiger partial charge in [0.1, 0.15) is 0 Å². The molecule has 1 heterocycles. The summed E-state index contributed by atoms with van der Waals surface area (Å²) in [4.78, 5) is 4.25. The Morgan fingerprint density at radius 3 is 2.81 bits per heavy atom. The number of nitrogens with zero attached hydrogens (tertiary/aromatic N) is 1. The summed E-state index contributed by atoms with van der Waals surface area (Å²) < 4.78 is 5.23. The van der Waals surface area contributed by atoms with Crippen molar-refractivity contribution < 1.29 is 4.74 Å². The second-order valence-corrected chi connectivity index (χ2v) is 4.26. The number of ether oxygens (including phenoxy) is 1. The van der Waals surface area contributed by atoms with Crippen molar-refractivity contribution in [2.75, 3.05) is 19.0 Å². The fourth-order valence-electron chi connectivity index (χ4n) is 1.64. The van der Waals surface area contributed by atoms with Crippen molar-refractivity contribution in [3.63, 3.8) is 0 Å². The molecule has 1 aromatic rings. The molecule has 1 atom stereocenters. The summed E-state index contributed by atoms with van der Waals surface area (Å²) in [5.74, 6) is 2.13. The zero-order valence-electron chi connectivity index (χ0n) is 10.2. The van der Waals surface area contributed by atoms with Gasteiger partial charge < -0.3 is 15.8 Å². The molecule has 4 nitrogen and oxygen atoms in total. The van der Waals surface area contributed by atoms with Crippen molar-refractivity contribution in [1.82, 2.24) is 4.98 Å². The maximum Gasteiger partial charge on any atom is 0.168 e. The van der Waals surface area contributed by atoms with E-state index in [2.05, 4.69) is 24.1 Å². The summed E-state index contributed by atoms with van der Waals surface area (Å²) in [7, 11) is 1.64. The number of pyridine rings is 1. The first-order chi connectivity index (χ1) is 7.67. The maximum atomic E-state index is 5.73. The molecule has 1 unspecified atom stereocenters. The third-order valence-corrected chi connectivity index (χ3v) is 2.37. The third-order valence-electron chi connectivity index (χ3n) is 2.37. The van der Waals surface area contributed by atoms with Gasteiger partial charge in [0, 0.05) is 18.8 Å². The molecule has 0 saturated carbocycles. The van der Waals surface area contributed by atoms with Crippen LogP contribution in [0, 0.1) is 5.92 Å². The van der Waals surface area contributed by atoms with Crippen LogP contribution in [0.1, 0.15) is 20.3 Å². The predicted molar refractivity (Wildman–Crippen MR) is 66.7 cm³/mol. The molecule has 0 aromatic carbocycles. The highest BCUT2D eigenvalue weighted by Gasteiger charge is 2.11. The molecular formula is C12H21N3O. The number of methoxy groups -OCH3 is 1. The van der Waals surface area contributed by atoms with Crippen molar-refractivity contribution in [2.45, 2.75) is 26.3 Å². The highest BCUT2D eigenvalue weighted by atomic mass is 16.5. The van der Waals surface area contributed by atoms with Crippen LogP contribution < -0.4 is 15.8 Å². The van der Waals surface area contributed by atoms with Crippen LogP contribution in [0.5, 0.6) is 5.75 Å². The Balaban J connectivity index is 2.69. The molecule has 0 spiro atoms. The van der Waals surface area contributed by atoms with E-state index in [9.17, 15) is 0 Å². The molecule has 0 aliphatic carbocycles. The van der Waals surface area contributed by atoms with Gasteiger partial charge in [-0.2, -0.15) is 0 Å². The number of aromatic nitrogens is 1. The van der Waals surface area contributed by atoms with Crippen LogP contribution in [-0.2, 0) is 0 Å². The predicted octanol–water partition coefficient (Wildman–Crippen LogP) is 1.88. The fraction of sp³-hybridized carbons (Fsp3) is 0.583. The lowest BCUT2D eigenvalue weighted by Gasteiger charge is -2.20. The summed E-state index contributed by atoms with van der Waals surface area (Å²) in [5.41, 5.74) is 5.73. The van der Waals surface area contributed by atoms with Crippen LogP contribution in [0.4, 0.5) is 5.82 Å². The SMILES string of the molecule is COc1cccnc1NC(CN)CC(C)C. The first kappa shape index (κ1) is 12.8. The molecule has 1 rings (SSSR count). The van der Waals surface area contributed by atoms with Crippen LogP contribution in [0.15, 0.2) is 18.3 Å². The standard InChI is InChI=1S/C12H21N3O/c1-9(2)7-10(8-13)15-12-11(16-3)5-4-6-14-12/h4-6,9-10H,7-8,13H2,1-3H3,(H,14,15). The molecule has 0 amide bonds. The minimum Gasteiger partial charge on any atom is -0.493 e. The van der Waals surface area contributed by atoms with E-state index in [0.29, 0.717) is 12.5 Å². The van der Waals surface area contributed by atoms with Crippen LogP contribution in [0.3, 0.4) is 0 Å². The fourth-order valence-corrected chi connectivity index (χ4v) is 1.64. The highest BCUT2D eigenvalue weighted by Crippen LogP contribution is 2.21. The quantitative estimate of drug-likeness (QED) is 0.773. The van der Waals surface area contributed by atoms with E-state index in [1.54, 1.807) is 13.3 Å². The van der Waals surface area contributed by atoms with Crippen molar-refractivity contribution in [2.24, 2.45) is 11.7 Å². The van der Waals surface area contributed by atoms with E-state index < -0.39 is 0 Å².